The second-order valence-electron chi connectivity index (χ2n) is 4.84. The van der Waals surface area contributed by atoms with Gasteiger partial charge in [-0.1, -0.05) is 0 Å². The zero-order valence-corrected chi connectivity index (χ0v) is 9.23. The van der Waals surface area contributed by atoms with Gasteiger partial charge in [-0.25, -0.2) is 0 Å². The molecule has 1 aliphatic rings. The average molecular weight is 204 g/mol. The van der Waals surface area contributed by atoms with Crippen LogP contribution in [0.4, 0.5) is 0 Å². The van der Waals surface area contributed by atoms with E-state index in [0.29, 0.717) is 6.42 Å². The lowest BCUT2D eigenvalue weighted by molar-refractivity contribution is -0.290. The minimum Gasteiger partial charge on any atom is -0.390 e. The summed E-state index contributed by atoms with van der Waals surface area (Å²) in [6.07, 6.45) is -2.07. The van der Waals surface area contributed by atoms with Gasteiger partial charge < -0.3 is 19.7 Å². The van der Waals surface area contributed by atoms with Crippen molar-refractivity contribution in [3.63, 3.8) is 0 Å². The third-order valence-corrected chi connectivity index (χ3v) is 2.08. The molecule has 0 aromatic heterocycles. The highest BCUT2D eigenvalue weighted by Crippen LogP contribution is 2.24. The maximum atomic E-state index is 9.62. The van der Waals surface area contributed by atoms with Crippen molar-refractivity contribution in [1.82, 2.24) is 0 Å². The Morgan fingerprint density at radius 3 is 2.36 bits per heavy atom. The van der Waals surface area contributed by atoms with E-state index in [1.807, 2.05) is 27.7 Å². The van der Waals surface area contributed by atoms with Crippen LogP contribution in [0.15, 0.2) is 0 Å². The van der Waals surface area contributed by atoms with E-state index in [4.69, 9.17) is 9.47 Å². The Morgan fingerprint density at radius 1 is 1.29 bits per heavy atom. The molecule has 1 fully saturated rings. The molecule has 14 heavy (non-hydrogen) atoms. The molecule has 1 saturated heterocycles. The van der Waals surface area contributed by atoms with Gasteiger partial charge in [-0.2, -0.15) is 0 Å². The maximum Gasteiger partial charge on any atom is 0.186 e. The molecule has 2 N–H and O–H groups in total. The van der Waals surface area contributed by atoms with E-state index in [0.717, 1.165) is 0 Å². The molecule has 0 spiro atoms. The van der Waals surface area contributed by atoms with Crippen LogP contribution in [0.5, 0.6) is 0 Å². The Hall–Kier alpha value is -0.160. The summed E-state index contributed by atoms with van der Waals surface area (Å²) in [7, 11) is 0. The minimum atomic E-state index is -0.953. The highest BCUT2D eigenvalue weighted by molar-refractivity contribution is 4.80. The van der Waals surface area contributed by atoms with Gasteiger partial charge in [0.15, 0.2) is 6.29 Å². The second-order valence-corrected chi connectivity index (χ2v) is 4.84. The van der Waals surface area contributed by atoms with Gasteiger partial charge in [-0.3, -0.25) is 0 Å². The van der Waals surface area contributed by atoms with Crippen molar-refractivity contribution in [2.45, 2.75) is 64.3 Å². The SMILES string of the molecule is CC1CC(O)C(O)C(OC(C)(C)C)O1. The summed E-state index contributed by atoms with van der Waals surface area (Å²) < 4.78 is 10.9. The fourth-order valence-corrected chi connectivity index (χ4v) is 1.47. The Labute approximate surface area is 84.8 Å². The largest absolute Gasteiger partial charge is 0.390 e. The zero-order chi connectivity index (χ0) is 10.9. The molecule has 0 aromatic rings. The maximum absolute atomic E-state index is 9.62. The minimum absolute atomic E-state index is 0.0826. The summed E-state index contributed by atoms with van der Waals surface area (Å²) >= 11 is 0. The van der Waals surface area contributed by atoms with Gasteiger partial charge >= 0.3 is 0 Å². The van der Waals surface area contributed by atoms with Crippen molar-refractivity contribution in [3.05, 3.63) is 0 Å². The lowest BCUT2D eigenvalue weighted by Gasteiger charge is -2.38. The van der Waals surface area contributed by atoms with Crippen molar-refractivity contribution < 1.29 is 19.7 Å². The molecular formula is C10H20O4. The lowest BCUT2D eigenvalue weighted by Crippen LogP contribution is -2.50. The number of hydrogen-bond donors (Lipinski definition) is 2. The molecule has 4 unspecified atom stereocenters. The Bertz CT molecular complexity index is 187. The Kier molecular flexibility index (Phi) is 3.53. The van der Waals surface area contributed by atoms with Gasteiger partial charge in [0.25, 0.3) is 0 Å². The van der Waals surface area contributed by atoms with Gasteiger partial charge in [0, 0.05) is 6.42 Å². The van der Waals surface area contributed by atoms with E-state index >= 15 is 0 Å². The van der Waals surface area contributed by atoms with Gasteiger partial charge in [-0.05, 0) is 27.7 Å². The molecule has 0 bridgehead atoms. The first-order chi connectivity index (χ1) is 6.29. The van der Waals surface area contributed by atoms with Crippen LogP contribution in [0.1, 0.15) is 34.1 Å². The number of aliphatic hydroxyl groups is 2. The summed E-state index contributed by atoms with van der Waals surface area (Å²) in [5.41, 5.74) is -0.386. The van der Waals surface area contributed by atoms with Gasteiger partial charge in [-0.15, -0.1) is 0 Å². The third-order valence-electron chi connectivity index (χ3n) is 2.08. The highest BCUT2D eigenvalue weighted by Gasteiger charge is 2.37. The molecule has 1 aliphatic heterocycles. The molecule has 0 aliphatic carbocycles. The van der Waals surface area contributed by atoms with Crippen LogP contribution in [0, 0.1) is 0 Å². The normalized spacial score (nSPS) is 39.9. The first-order valence-corrected chi connectivity index (χ1v) is 4.99. The smallest absolute Gasteiger partial charge is 0.186 e. The quantitative estimate of drug-likeness (QED) is 0.658. The number of hydrogen-bond acceptors (Lipinski definition) is 4. The molecule has 4 heteroatoms. The molecule has 0 radical (unpaired) electrons. The molecule has 4 nitrogen and oxygen atoms in total. The predicted octanol–water partition coefficient (Wildman–Crippen LogP) is 0.658. The van der Waals surface area contributed by atoms with Crippen LogP contribution < -0.4 is 0 Å². The monoisotopic (exact) mass is 204 g/mol. The van der Waals surface area contributed by atoms with Crippen molar-refractivity contribution in [1.29, 1.82) is 0 Å². The van der Waals surface area contributed by atoms with E-state index in [2.05, 4.69) is 0 Å². The molecule has 0 amide bonds. The topological polar surface area (TPSA) is 58.9 Å². The summed E-state index contributed by atoms with van der Waals surface area (Å²) in [6, 6.07) is 0. The van der Waals surface area contributed by atoms with Crippen molar-refractivity contribution in [2.75, 3.05) is 0 Å². The summed E-state index contributed by atoms with van der Waals surface area (Å²) in [5.74, 6) is 0. The van der Waals surface area contributed by atoms with Gasteiger partial charge in [0.2, 0.25) is 0 Å². The molecule has 1 rings (SSSR count). The number of rotatable bonds is 1. The third kappa shape index (κ3) is 3.20. The van der Waals surface area contributed by atoms with Crippen LogP contribution in [0.2, 0.25) is 0 Å². The van der Waals surface area contributed by atoms with E-state index in [9.17, 15) is 10.2 Å². The zero-order valence-electron chi connectivity index (χ0n) is 9.23. The molecule has 4 atom stereocenters. The fraction of sp³-hybridized carbons (Fsp3) is 1.00. The average Bonchev–Trinajstić information content (AvgIpc) is 1.96. The Balaban J connectivity index is 2.58. The summed E-state index contributed by atoms with van der Waals surface area (Å²) in [6.45, 7) is 7.51. The molecule has 0 saturated carbocycles. The standard InChI is InChI=1S/C10H20O4/c1-6-5-7(11)8(12)9(13-6)14-10(2,3)4/h6-9,11-12H,5H2,1-4H3. The van der Waals surface area contributed by atoms with Crippen LogP contribution in [-0.2, 0) is 9.47 Å². The van der Waals surface area contributed by atoms with E-state index in [-0.39, 0.29) is 11.7 Å². The lowest BCUT2D eigenvalue weighted by atomic mass is 10.0. The summed E-state index contributed by atoms with van der Waals surface area (Å²) in [5, 5.41) is 19.1. The van der Waals surface area contributed by atoms with Gasteiger partial charge in [0.05, 0.1) is 17.8 Å². The van der Waals surface area contributed by atoms with E-state index in [1.54, 1.807) is 0 Å². The second kappa shape index (κ2) is 4.14. The first-order valence-electron chi connectivity index (χ1n) is 4.99. The number of aliphatic hydroxyl groups excluding tert-OH is 2. The molecular weight excluding hydrogens is 184 g/mol. The predicted molar refractivity (Wildman–Crippen MR) is 51.8 cm³/mol. The highest BCUT2D eigenvalue weighted by atomic mass is 16.7. The van der Waals surface area contributed by atoms with Crippen LogP contribution >= 0.6 is 0 Å². The van der Waals surface area contributed by atoms with E-state index in [1.165, 1.54) is 0 Å². The molecule has 0 aromatic carbocycles. The van der Waals surface area contributed by atoms with Crippen LogP contribution in [0.25, 0.3) is 0 Å². The van der Waals surface area contributed by atoms with Crippen molar-refractivity contribution >= 4 is 0 Å². The Morgan fingerprint density at radius 2 is 1.86 bits per heavy atom. The van der Waals surface area contributed by atoms with Crippen LogP contribution in [-0.4, -0.2) is 40.4 Å². The fourth-order valence-electron chi connectivity index (χ4n) is 1.47. The first kappa shape index (κ1) is 11.9. The van der Waals surface area contributed by atoms with Crippen LogP contribution in [0.3, 0.4) is 0 Å². The summed E-state index contributed by atoms with van der Waals surface area (Å²) in [4.78, 5) is 0. The molecule has 1 heterocycles. The number of ether oxygens (including phenoxy) is 2. The van der Waals surface area contributed by atoms with Crippen molar-refractivity contribution in [2.24, 2.45) is 0 Å². The molecule has 84 valence electrons. The van der Waals surface area contributed by atoms with Gasteiger partial charge in [0.1, 0.15) is 6.10 Å². The van der Waals surface area contributed by atoms with Crippen molar-refractivity contribution in [3.8, 4) is 0 Å². The van der Waals surface area contributed by atoms with E-state index < -0.39 is 18.5 Å².